The molecule has 1 aliphatic heterocycles. The van der Waals surface area contributed by atoms with Gasteiger partial charge in [-0.15, -0.1) is 0 Å². The molecule has 0 bridgehead atoms. The number of allylic oxidation sites excluding steroid dienone is 3. The van der Waals surface area contributed by atoms with Gasteiger partial charge in [-0.05, 0) is 25.3 Å². The van der Waals surface area contributed by atoms with Crippen LogP contribution in [0.5, 0.6) is 0 Å². The maximum atomic E-state index is 4.27. The summed E-state index contributed by atoms with van der Waals surface area (Å²) in [6.45, 7) is 4.22. The summed E-state index contributed by atoms with van der Waals surface area (Å²) in [5.74, 6) is 3.20. The minimum Gasteiger partial charge on any atom is -0.327 e. The van der Waals surface area contributed by atoms with E-state index in [1.807, 2.05) is 13.0 Å². The van der Waals surface area contributed by atoms with Crippen molar-refractivity contribution in [2.24, 2.45) is 16.9 Å². The number of amidine groups is 1. The Balaban J connectivity index is 2.04. The summed E-state index contributed by atoms with van der Waals surface area (Å²) in [7, 11) is 0. The van der Waals surface area contributed by atoms with Crippen molar-refractivity contribution < 1.29 is 0 Å². The lowest BCUT2D eigenvalue weighted by Gasteiger charge is -2.14. The van der Waals surface area contributed by atoms with E-state index >= 15 is 0 Å². The van der Waals surface area contributed by atoms with Crippen LogP contribution < -0.4 is 10.7 Å². The lowest BCUT2D eigenvalue weighted by Crippen LogP contribution is -2.28. The fourth-order valence-corrected chi connectivity index (χ4v) is 1.78. The first kappa shape index (κ1) is 8.35. The highest BCUT2D eigenvalue weighted by Gasteiger charge is 2.26. The minimum absolute atomic E-state index is 0.532. The van der Waals surface area contributed by atoms with Crippen LogP contribution >= 0.6 is 0 Å². The van der Waals surface area contributed by atoms with Crippen LogP contribution in [0.15, 0.2) is 29.2 Å². The Morgan fingerprint density at radius 1 is 1.62 bits per heavy atom. The molecule has 0 aromatic heterocycles. The van der Waals surface area contributed by atoms with E-state index in [1.54, 1.807) is 0 Å². The van der Waals surface area contributed by atoms with E-state index in [1.165, 1.54) is 0 Å². The van der Waals surface area contributed by atoms with E-state index in [0.29, 0.717) is 11.8 Å². The largest absolute Gasteiger partial charge is 0.327 e. The van der Waals surface area contributed by atoms with Crippen molar-refractivity contribution >= 4 is 5.84 Å². The van der Waals surface area contributed by atoms with Gasteiger partial charge in [0.25, 0.3) is 0 Å². The molecule has 2 unspecified atom stereocenters. The van der Waals surface area contributed by atoms with Crippen molar-refractivity contribution in [3.8, 4) is 0 Å². The molecule has 0 amide bonds. The third-order valence-corrected chi connectivity index (χ3v) is 2.66. The predicted octanol–water partition coefficient (Wildman–Crippen LogP) is 1.57. The standard InChI is InChI=1S/C10H15N3/c1-3-9-11-10(13-12-9)8-6-4-5-7(8)2/h3-5,7-8,12H,6H2,1-2H3,(H,11,13)/b9-3+. The Morgan fingerprint density at radius 2 is 2.46 bits per heavy atom. The molecule has 3 heteroatoms. The second-order valence-corrected chi connectivity index (χ2v) is 3.57. The highest BCUT2D eigenvalue weighted by molar-refractivity contribution is 5.88. The fourth-order valence-electron chi connectivity index (χ4n) is 1.78. The van der Waals surface area contributed by atoms with Crippen LogP contribution in [0.4, 0.5) is 0 Å². The van der Waals surface area contributed by atoms with Crippen LogP contribution in [0.2, 0.25) is 0 Å². The Morgan fingerprint density at radius 3 is 3.00 bits per heavy atom. The number of hydrogen-bond donors (Lipinski definition) is 2. The third kappa shape index (κ3) is 1.46. The first-order valence-electron chi connectivity index (χ1n) is 4.75. The van der Waals surface area contributed by atoms with Crippen molar-refractivity contribution in [3.05, 3.63) is 24.0 Å². The van der Waals surface area contributed by atoms with Crippen molar-refractivity contribution in [1.82, 2.24) is 10.7 Å². The van der Waals surface area contributed by atoms with Gasteiger partial charge in [0.2, 0.25) is 0 Å². The van der Waals surface area contributed by atoms with Crippen LogP contribution in [0.1, 0.15) is 20.3 Å². The topological polar surface area (TPSA) is 36.4 Å². The number of nitrogens with zero attached hydrogens (tertiary/aromatic N) is 1. The number of hydrazone groups is 1. The summed E-state index contributed by atoms with van der Waals surface area (Å²) in [4.78, 5) is 0. The van der Waals surface area contributed by atoms with Gasteiger partial charge < -0.3 is 5.32 Å². The van der Waals surface area contributed by atoms with Gasteiger partial charge in [-0.3, -0.25) is 5.43 Å². The second kappa shape index (κ2) is 3.24. The molecule has 1 heterocycles. The van der Waals surface area contributed by atoms with E-state index < -0.39 is 0 Å². The number of nitrogens with one attached hydrogen (secondary N) is 2. The maximum absolute atomic E-state index is 4.27. The van der Waals surface area contributed by atoms with Gasteiger partial charge in [0, 0.05) is 5.92 Å². The van der Waals surface area contributed by atoms with Gasteiger partial charge in [0.15, 0.2) is 0 Å². The molecule has 0 fully saturated rings. The third-order valence-electron chi connectivity index (χ3n) is 2.66. The summed E-state index contributed by atoms with van der Waals surface area (Å²) in [5.41, 5.74) is 2.96. The number of hydrogen-bond acceptors (Lipinski definition) is 3. The Labute approximate surface area is 78.6 Å². The maximum Gasteiger partial charge on any atom is 0.132 e. The molecule has 13 heavy (non-hydrogen) atoms. The van der Waals surface area contributed by atoms with Gasteiger partial charge >= 0.3 is 0 Å². The highest BCUT2D eigenvalue weighted by Crippen LogP contribution is 2.26. The monoisotopic (exact) mass is 177 g/mol. The molecular weight excluding hydrogens is 162 g/mol. The molecule has 70 valence electrons. The van der Waals surface area contributed by atoms with Crippen molar-refractivity contribution in [2.45, 2.75) is 20.3 Å². The average molecular weight is 177 g/mol. The molecule has 3 nitrogen and oxygen atoms in total. The van der Waals surface area contributed by atoms with Gasteiger partial charge in [0.1, 0.15) is 11.7 Å². The van der Waals surface area contributed by atoms with Crippen molar-refractivity contribution in [3.63, 3.8) is 0 Å². The van der Waals surface area contributed by atoms with Crippen molar-refractivity contribution in [2.75, 3.05) is 0 Å². The molecule has 0 radical (unpaired) electrons. The second-order valence-electron chi connectivity index (χ2n) is 3.57. The van der Waals surface area contributed by atoms with E-state index in [2.05, 4.69) is 34.9 Å². The van der Waals surface area contributed by atoms with E-state index in [9.17, 15) is 0 Å². The van der Waals surface area contributed by atoms with Crippen LogP contribution in [0, 0.1) is 11.8 Å². The molecule has 2 atom stereocenters. The summed E-state index contributed by atoms with van der Waals surface area (Å²) in [6.07, 6.45) is 7.57. The van der Waals surface area contributed by atoms with Crippen LogP contribution in [0.25, 0.3) is 0 Å². The zero-order valence-corrected chi connectivity index (χ0v) is 8.04. The lowest BCUT2D eigenvalue weighted by molar-refractivity contribution is 0.577. The van der Waals surface area contributed by atoms with E-state index in [4.69, 9.17) is 0 Å². The Bertz CT molecular complexity index is 289. The summed E-state index contributed by atoms with van der Waals surface area (Å²) in [6, 6.07) is 0. The van der Waals surface area contributed by atoms with Crippen LogP contribution in [-0.4, -0.2) is 5.84 Å². The smallest absolute Gasteiger partial charge is 0.132 e. The molecule has 1 aliphatic carbocycles. The average Bonchev–Trinajstić information content (AvgIpc) is 2.71. The molecule has 0 aromatic carbocycles. The van der Waals surface area contributed by atoms with Crippen LogP contribution in [-0.2, 0) is 0 Å². The molecular formula is C10H15N3. The van der Waals surface area contributed by atoms with Gasteiger partial charge in [0.05, 0.1) is 0 Å². The normalized spacial score (nSPS) is 34.6. The quantitative estimate of drug-likeness (QED) is 0.596. The fraction of sp³-hybridized carbons (Fsp3) is 0.500. The highest BCUT2D eigenvalue weighted by atomic mass is 15.4. The van der Waals surface area contributed by atoms with Crippen molar-refractivity contribution in [1.29, 1.82) is 0 Å². The van der Waals surface area contributed by atoms with Crippen LogP contribution in [0.3, 0.4) is 0 Å². The van der Waals surface area contributed by atoms with Gasteiger partial charge in [-0.25, -0.2) is 0 Å². The minimum atomic E-state index is 0.532. The number of rotatable bonds is 1. The lowest BCUT2D eigenvalue weighted by atomic mass is 9.96. The van der Waals surface area contributed by atoms with E-state index in [-0.39, 0.29) is 0 Å². The Hall–Kier alpha value is -1.25. The Kier molecular flexibility index (Phi) is 2.08. The van der Waals surface area contributed by atoms with E-state index in [0.717, 1.165) is 18.1 Å². The molecule has 0 aromatic rings. The molecule has 0 spiro atoms. The summed E-state index contributed by atoms with van der Waals surface area (Å²) in [5, 5.41) is 7.54. The van der Waals surface area contributed by atoms with Gasteiger partial charge in [-0.2, -0.15) is 5.10 Å². The molecule has 2 N–H and O–H groups in total. The molecule has 2 aliphatic rings. The summed E-state index contributed by atoms with van der Waals surface area (Å²) >= 11 is 0. The predicted molar refractivity (Wildman–Crippen MR) is 53.9 cm³/mol. The summed E-state index contributed by atoms with van der Waals surface area (Å²) < 4.78 is 0. The zero-order valence-electron chi connectivity index (χ0n) is 8.04. The van der Waals surface area contributed by atoms with Gasteiger partial charge in [-0.1, -0.05) is 19.1 Å². The zero-order chi connectivity index (χ0) is 9.26. The molecule has 0 saturated heterocycles. The molecule has 2 rings (SSSR count). The SMILES string of the molecule is C/C=C1/NN=C(C2CC=CC2C)N1. The molecule has 0 saturated carbocycles. The first-order valence-corrected chi connectivity index (χ1v) is 4.75. The first-order chi connectivity index (χ1) is 6.31.